The first-order valence-electron chi connectivity index (χ1n) is 14.1. The number of carbonyl (C=O) groups excluding carboxylic acids is 2. The van der Waals surface area contributed by atoms with E-state index in [1.165, 1.54) is 11.8 Å². The standard InChI is InChI=1S/C28H44N6O5SSi/c1-28(2,3)39-27(36)34-16-21(37-4)14-20(34)15-29-26(35)23-17-32(10-12-40-23)24-22-8-9-33(25(22)31-18-30-24)19-38-11-13-41(5,6)7/h8-9,17-18,20-21H,10-16,19H2,1-7H3,(H,29,35)/t20-,21-/m1/s1. The second-order valence-electron chi connectivity index (χ2n) is 12.7. The lowest BCUT2D eigenvalue weighted by Gasteiger charge is -2.29. The van der Waals surface area contributed by atoms with E-state index in [1.807, 2.05) is 48.7 Å². The molecule has 2 aliphatic rings. The summed E-state index contributed by atoms with van der Waals surface area (Å²) in [6, 6.07) is 2.90. The molecule has 1 N–H and O–H groups in total. The highest BCUT2D eigenvalue weighted by atomic mass is 32.2. The summed E-state index contributed by atoms with van der Waals surface area (Å²) in [5, 5.41) is 3.94. The summed E-state index contributed by atoms with van der Waals surface area (Å²) < 4.78 is 19.0. The van der Waals surface area contributed by atoms with E-state index in [0.29, 0.717) is 31.1 Å². The van der Waals surface area contributed by atoms with Gasteiger partial charge in [0, 0.05) is 53.0 Å². The average molecular weight is 605 g/mol. The monoisotopic (exact) mass is 604 g/mol. The first-order chi connectivity index (χ1) is 19.3. The van der Waals surface area contributed by atoms with Crippen LogP contribution in [-0.4, -0.2) is 96.4 Å². The van der Waals surface area contributed by atoms with Crippen LogP contribution in [0.3, 0.4) is 0 Å². The third-order valence-electron chi connectivity index (χ3n) is 6.96. The Balaban J connectivity index is 1.41. The van der Waals surface area contributed by atoms with Crippen molar-refractivity contribution in [3.8, 4) is 0 Å². The highest BCUT2D eigenvalue weighted by Gasteiger charge is 2.38. The molecule has 2 amide bonds. The molecule has 1 fully saturated rings. The van der Waals surface area contributed by atoms with E-state index in [9.17, 15) is 9.59 Å². The molecule has 41 heavy (non-hydrogen) atoms. The van der Waals surface area contributed by atoms with Crippen molar-refractivity contribution < 1.29 is 23.8 Å². The fraction of sp³-hybridized carbons (Fsp3) is 0.643. The van der Waals surface area contributed by atoms with Gasteiger partial charge in [-0.3, -0.25) is 4.79 Å². The molecule has 0 spiro atoms. The molecule has 4 rings (SSSR count). The van der Waals surface area contributed by atoms with Crippen LogP contribution in [0.4, 0.5) is 10.6 Å². The number of nitrogens with zero attached hydrogens (tertiary/aromatic N) is 5. The lowest BCUT2D eigenvalue weighted by molar-refractivity contribution is -0.117. The molecule has 4 heterocycles. The summed E-state index contributed by atoms with van der Waals surface area (Å²) in [6.45, 7) is 15.2. The number of hydrogen-bond donors (Lipinski definition) is 1. The number of anilines is 1. The lowest BCUT2D eigenvalue weighted by Crippen LogP contribution is -2.45. The zero-order valence-corrected chi connectivity index (χ0v) is 27.1. The van der Waals surface area contributed by atoms with E-state index in [-0.39, 0.29) is 18.1 Å². The summed E-state index contributed by atoms with van der Waals surface area (Å²) in [5.74, 6) is 1.32. The number of thioether (sulfide) groups is 1. The van der Waals surface area contributed by atoms with Crippen LogP contribution in [0.5, 0.6) is 0 Å². The maximum Gasteiger partial charge on any atom is 0.410 e. The Morgan fingerprint density at radius 1 is 1.22 bits per heavy atom. The number of methoxy groups -OCH3 is 1. The molecule has 13 heteroatoms. The second kappa shape index (κ2) is 13.1. The number of hydrogen-bond acceptors (Lipinski definition) is 9. The molecule has 226 valence electrons. The van der Waals surface area contributed by atoms with Gasteiger partial charge in [0.2, 0.25) is 0 Å². The molecule has 2 atom stereocenters. The molecule has 1 saturated heterocycles. The van der Waals surface area contributed by atoms with Crippen molar-refractivity contribution in [2.75, 3.05) is 44.0 Å². The van der Waals surface area contributed by atoms with E-state index in [2.05, 4.69) is 34.9 Å². The third-order valence-corrected chi connectivity index (χ3v) is 9.65. The van der Waals surface area contributed by atoms with Crippen LogP contribution in [0.25, 0.3) is 11.0 Å². The van der Waals surface area contributed by atoms with Crippen LogP contribution in [-0.2, 0) is 25.7 Å². The van der Waals surface area contributed by atoms with Crippen LogP contribution in [0.2, 0.25) is 25.7 Å². The van der Waals surface area contributed by atoms with Gasteiger partial charge in [0.15, 0.2) is 0 Å². The van der Waals surface area contributed by atoms with E-state index in [1.54, 1.807) is 18.3 Å². The lowest BCUT2D eigenvalue weighted by atomic mass is 10.2. The number of aromatic nitrogens is 3. The average Bonchev–Trinajstić information content (AvgIpc) is 3.52. The Kier molecular flexibility index (Phi) is 10.0. The zero-order valence-electron chi connectivity index (χ0n) is 25.3. The number of rotatable bonds is 10. The van der Waals surface area contributed by atoms with E-state index in [4.69, 9.17) is 14.2 Å². The van der Waals surface area contributed by atoms with E-state index in [0.717, 1.165) is 41.8 Å². The van der Waals surface area contributed by atoms with Gasteiger partial charge in [-0.15, -0.1) is 11.8 Å². The second-order valence-corrected chi connectivity index (χ2v) is 19.5. The van der Waals surface area contributed by atoms with Crippen molar-refractivity contribution >= 4 is 48.7 Å². The van der Waals surface area contributed by atoms with E-state index < -0.39 is 19.8 Å². The Morgan fingerprint density at radius 3 is 2.71 bits per heavy atom. The summed E-state index contributed by atoms with van der Waals surface area (Å²) in [7, 11) is 0.483. The minimum absolute atomic E-state index is 0.0959. The molecule has 0 unspecified atom stereocenters. The number of nitrogens with one attached hydrogen (secondary N) is 1. The zero-order chi connectivity index (χ0) is 29.8. The van der Waals surface area contributed by atoms with Crippen molar-refractivity contribution in [1.82, 2.24) is 24.8 Å². The number of ether oxygens (including phenoxy) is 3. The smallest absolute Gasteiger partial charge is 0.410 e. The molecule has 11 nitrogen and oxygen atoms in total. The molecule has 2 aliphatic heterocycles. The first kappa shape index (κ1) is 31.3. The van der Waals surface area contributed by atoms with Crippen molar-refractivity contribution in [2.45, 2.75) is 77.4 Å². The number of likely N-dealkylation sites (tertiary alicyclic amines) is 1. The predicted molar refractivity (Wildman–Crippen MR) is 165 cm³/mol. The molecular weight excluding hydrogens is 560 g/mol. The minimum Gasteiger partial charge on any atom is -0.444 e. The van der Waals surface area contributed by atoms with Gasteiger partial charge >= 0.3 is 6.09 Å². The largest absolute Gasteiger partial charge is 0.444 e. The van der Waals surface area contributed by atoms with Crippen LogP contribution in [0.15, 0.2) is 29.7 Å². The minimum atomic E-state index is -1.15. The molecule has 2 aromatic heterocycles. The summed E-state index contributed by atoms with van der Waals surface area (Å²) in [4.78, 5) is 39.4. The van der Waals surface area contributed by atoms with Gasteiger partial charge < -0.3 is 33.9 Å². The molecule has 0 aliphatic carbocycles. The Labute approximate surface area is 248 Å². The number of fused-ring (bicyclic) bond motifs is 1. The fourth-order valence-corrected chi connectivity index (χ4v) is 6.40. The summed E-state index contributed by atoms with van der Waals surface area (Å²) in [6.07, 6.45) is 5.52. The highest BCUT2D eigenvalue weighted by Crippen LogP contribution is 2.30. The SMILES string of the molecule is CO[C@@H]1C[C@H](CNC(=O)C2=CN(c3ncnc4c3ccn4COCC[Si](C)(C)C)CCS2)N(C(=O)OC(C)(C)C)C1. The van der Waals surface area contributed by atoms with Gasteiger partial charge in [0.1, 0.15) is 30.1 Å². The highest BCUT2D eigenvalue weighted by molar-refractivity contribution is 8.04. The van der Waals surface area contributed by atoms with Crippen molar-refractivity contribution in [2.24, 2.45) is 0 Å². The number of amides is 2. The summed E-state index contributed by atoms with van der Waals surface area (Å²) >= 11 is 1.51. The first-order valence-corrected chi connectivity index (χ1v) is 18.8. The van der Waals surface area contributed by atoms with E-state index >= 15 is 0 Å². The molecule has 2 aromatic rings. The van der Waals surface area contributed by atoms with Crippen LogP contribution in [0, 0.1) is 0 Å². The van der Waals surface area contributed by atoms with Gasteiger partial charge in [0.05, 0.1) is 29.0 Å². The maximum absolute atomic E-state index is 13.2. The third kappa shape index (κ3) is 8.46. The van der Waals surface area contributed by atoms with Gasteiger partial charge in [0.25, 0.3) is 5.91 Å². The quantitative estimate of drug-likeness (QED) is 0.314. The molecule has 0 bridgehead atoms. The predicted octanol–water partition coefficient (Wildman–Crippen LogP) is 4.28. The van der Waals surface area contributed by atoms with Crippen molar-refractivity contribution in [3.63, 3.8) is 0 Å². The fourth-order valence-electron chi connectivity index (χ4n) is 4.73. The van der Waals surface area contributed by atoms with Gasteiger partial charge in [-0.05, 0) is 39.3 Å². The van der Waals surface area contributed by atoms with Crippen molar-refractivity contribution in [1.29, 1.82) is 0 Å². The number of carbonyl (C=O) groups is 2. The maximum atomic E-state index is 13.2. The molecule has 0 saturated carbocycles. The normalized spacial score (nSPS) is 19.9. The molecule has 0 radical (unpaired) electrons. The van der Waals surface area contributed by atoms with Crippen LogP contribution < -0.4 is 10.2 Å². The van der Waals surface area contributed by atoms with Gasteiger partial charge in [-0.25, -0.2) is 14.8 Å². The Morgan fingerprint density at radius 2 is 2.00 bits per heavy atom. The van der Waals surface area contributed by atoms with Gasteiger partial charge in [-0.2, -0.15) is 0 Å². The summed E-state index contributed by atoms with van der Waals surface area (Å²) in [5.41, 5.74) is 0.203. The van der Waals surface area contributed by atoms with Crippen LogP contribution in [0.1, 0.15) is 27.2 Å². The van der Waals surface area contributed by atoms with Crippen LogP contribution >= 0.6 is 11.8 Å². The van der Waals surface area contributed by atoms with Gasteiger partial charge in [-0.1, -0.05) is 19.6 Å². The topological polar surface area (TPSA) is 111 Å². The Hall–Kier alpha value is -2.61. The Bertz CT molecular complexity index is 1260. The molecular formula is C28H44N6O5SSi. The molecule has 0 aromatic carbocycles. The van der Waals surface area contributed by atoms with Crippen molar-refractivity contribution in [3.05, 3.63) is 29.7 Å².